The number of hydrogen-bond acceptors (Lipinski definition) is 6. The number of carboxylic acids is 1. The maximum absolute atomic E-state index is 12.0. The minimum absolute atomic E-state index is 0.0176. The van der Waals surface area contributed by atoms with Crippen LogP contribution in [0, 0.1) is 5.92 Å². The largest absolute Gasteiger partial charge is 0.480 e. The van der Waals surface area contributed by atoms with Gasteiger partial charge in [-0.05, 0) is 24.5 Å². The fraction of sp³-hybridized carbons (Fsp3) is 0.500. The second-order valence-corrected chi connectivity index (χ2v) is 6.40. The Balaban J connectivity index is 2.97. The first-order valence-corrected chi connectivity index (χ1v) is 7.59. The highest BCUT2D eigenvalue weighted by Crippen LogP contribution is 2.16. The first-order chi connectivity index (χ1) is 9.67. The smallest absolute Gasteiger partial charge is 0.374 e. The summed E-state index contributed by atoms with van der Waals surface area (Å²) in [4.78, 5) is 22.3. The zero-order valence-corrected chi connectivity index (χ0v) is 12.6. The van der Waals surface area contributed by atoms with Gasteiger partial charge in [0.05, 0.1) is 7.11 Å². The van der Waals surface area contributed by atoms with Crippen LogP contribution in [0.1, 0.15) is 30.8 Å². The van der Waals surface area contributed by atoms with E-state index in [9.17, 15) is 18.0 Å². The number of carboxylic acid groups (broad SMARTS) is 1. The highest BCUT2D eigenvalue weighted by atomic mass is 32.2. The molecule has 1 atom stereocenters. The zero-order valence-electron chi connectivity index (χ0n) is 11.8. The molecule has 1 aromatic rings. The lowest BCUT2D eigenvalue weighted by Crippen LogP contribution is -2.41. The summed E-state index contributed by atoms with van der Waals surface area (Å²) >= 11 is 0. The van der Waals surface area contributed by atoms with E-state index < -0.39 is 33.1 Å². The number of methoxy groups -OCH3 is 1. The average molecular weight is 319 g/mol. The number of nitrogens with one attached hydrogen (secondary N) is 1. The molecule has 0 aliphatic rings. The number of esters is 1. The van der Waals surface area contributed by atoms with Gasteiger partial charge in [0.25, 0.3) is 10.0 Å². The van der Waals surface area contributed by atoms with Gasteiger partial charge in [0.2, 0.25) is 10.9 Å². The van der Waals surface area contributed by atoms with Crippen molar-refractivity contribution in [2.24, 2.45) is 5.92 Å². The van der Waals surface area contributed by atoms with E-state index in [1.54, 1.807) is 13.8 Å². The van der Waals surface area contributed by atoms with E-state index in [-0.39, 0.29) is 18.1 Å². The number of rotatable bonds is 7. The minimum Gasteiger partial charge on any atom is -0.480 e. The molecule has 0 fully saturated rings. The molecule has 8 nitrogen and oxygen atoms in total. The third-order valence-electron chi connectivity index (χ3n) is 2.54. The zero-order chi connectivity index (χ0) is 16.2. The predicted octanol–water partition coefficient (Wildman–Crippen LogP) is 0.844. The Hall–Kier alpha value is -1.87. The monoisotopic (exact) mass is 319 g/mol. The highest BCUT2D eigenvalue weighted by Gasteiger charge is 2.29. The molecule has 0 unspecified atom stereocenters. The van der Waals surface area contributed by atoms with Gasteiger partial charge in [-0.15, -0.1) is 0 Å². The van der Waals surface area contributed by atoms with Crippen molar-refractivity contribution in [3.63, 3.8) is 0 Å². The van der Waals surface area contributed by atoms with Crippen LogP contribution in [0.25, 0.3) is 0 Å². The maximum atomic E-state index is 12.0. The van der Waals surface area contributed by atoms with E-state index in [1.165, 1.54) is 0 Å². The number of furan rings is 1. The van der Waals surface area contributed by atoms with E-state index in [1.807, 2.05) is 4.72 Å². The molecule has 0 aliphatic heterocycles. The van der Waals surface area contributed by atoms with Crippen LogP contribution in [0.3, 0.4) is 0 Å². The molecular formula is C12H17NO7S. The lowest BCUT2D eigenvalue weighted by atomic mass is 10.1. The summed E-state index contributed by atoms with van der Waals surface area (Å²) in [6.45, 7) is 3.54. The van der Waals surface area contributed by atoms with Crippen LogP contribution in [0.4, 0.5) is 0 Å². The highest BCUT2D eigenvalue weighted by molar-refractivity contribution is 7.89. The molecule has 0 saturated heterocycles. The van der Waals surface area contributed by atoms with E-state index >= 15 is 0 Å². The van der Waals surface area contributed by atoms with Gasteiger partial charge in [-0.1, -0.05) is 13.8 Å². The van der Waals surface area contributed by atoms with Crippen molar-refractivity contribution in [3.05, 3.63) is 17.9 Å². The molecule has 0 amide bonds. The molecule has 0 bridgehead atoms. The standard InChI is InChI=1S/C12H17NO7S/c1-7(2)6-8(11(14)15)13-21(17,18)10-5-4-9(20-10)12(16)19-3/h4-5,7-8,13H,6H2,1-3H3,(H,14,15)/t8-/m1/s1. The van der Waals surface area contributed by atoms with Crippen LogP contribution in [0.2, 0.25) is 0 Å². The summed E-state index contributed by atoms with van der Waals surface area (Å²) in [6, 6.07) is 0.920. The number of carbonyl (C=O) groups is 2. The summed E-state index contributed by atoms with van der Waals surface area (Å²) in [5.41, 5.74) is 0. The SMILES string of the molecule is COC(=O)c1ccc(S(=O)(=O)N[C@H](CC(C)C)C(=O)O)o1. The van der Waals surface area contributed by atoms with Crippen molar-refractivity contribution in [2.75, 3.05) is 7.11 Å². The van der Waals surface area contributed by atoms with Crippen molar-refractivity contribution in [1.29, 1.82) is 0 Å². The Morgan fingerprint density at radius 3 is 2.48 bits per heavy atom. The summed E-state index contributed by atoms with van der Waals surface area (Å²) in [5, 5.41) is 8.49. The molecule has 1 aromatic heterocycles. The van der Waals surface area contributed by atoms with Crippen LogP contribution < -0.4 is 4.72 Å². The second kappa shape index (κ2) is 6.72. The van der Waals surface area contributed by atoms with Crippen molar-refractivity contribution >= 4 is 22.0 Å². The number of ether oxygens (including phenoxy) is 1. The van der Waals surface area contributed by atoms with Crippen molar-refractivity contribution in [1.82, 2.24) is 4.72 Å². The van der Waals surface area contributed by atoms with Crippen molar-refractivity contribution < 1.29 is 32.3 Å². The van der Waals surface area contributed by atoms with Crippen LogP contribution in [0.5, 0.6) is 0 Å². The Kier molecular flexibility index (Phi) is 5.50. The molecular weight excluding hydrogens is 302 g/mol. The van der Waals surface area contributed by atoms with E-state index in [0.29, 0.717) is 0 Å². The summed E-state index contributed by atoms with van der Waals surface area (Å²) in [6.07, 6.45) is 0.124. The molecule has 21 heavy (non-hydrogen) atoms. The van der Waals surface area contributed by atoms with E-state index in [4.69, 9.17) is 9.52 Å². The number of sulfonamides is 1. The molecule has 118 valence electrons. The second-order valence-electron chi connectivity index (χ2n) is 4.75. The molecule has 0 radical (unpaired) electrons. The Morgan fingerprint density at radius 2 is 2.00 bits per heavy atom. The predicted molar refractivity (Wildman–Crippen MR) is 71.2 cm³/mol. The lowest BCUT2D eigenvalue weighted by Gasteiger charge is -2.15. The van der Waals surface area contributed by atoms with E-state index in [2.05, 4.69) is 4.74 Å². The van der Waals surface area contributed by atoms with Gasteiger partial charge >= 0.3 is 11.9 Å². The van der Waals surface area contributed by atoms with Gasteiger partial charge in [-0.3, -0.25) is 4.79 Å². The van der Waals surface area contributed by atoms with Crippen LogP contribution in [-0.4, -0.2) is 38.6 Å². The Labute approximate surface area is 122 Å². The lowest BCUT2D eigenvalue weighted by molar-refractivity contribution is -0.139. The molecule has 1 heterocycles. The van der Waals surface area contributed by atoms with Crippen molar-refractivity contribution in [2.45, 2.75) is 31.4 Å². The topological polar surface area (TPSA) is 123 Å². The van der Waals surface area contributed by atoms with Crippen LogP contribution in [0.15, 0.2) is 21.6 Å². The number of aliphatic carboxylic acids is 1. The van der Waals surface area contributed by atoms with Crippen LogP contribution in [-0.2, 0) is 19.6 Å². The average Bonchev–Trinajstić information content (AvgIpc) is 2.86. The van der Waals surface area contributed by atoms with Crippen LogP contribution >= 0.6 is 0 Å². The van der Waals surface area contributed by atoms with Gasteiger partial charge in [0, 0.05) is 0 Å². The molecule has 0 spiro atoms. The summed E-state index contributed by atoms with van der Waals surface area (Å²) in [7, 11) is -3.05. The molecule has 0 aliphatic carbocycles. The number of carbonyl (C=O) groups excluding carboxylic acids is 1. The fourth-order valence-electron chi connectivity index (χ4n) is 1.59. The Morgan fingerprint density at radius 1 is 1.38 bits per heavy atom. The first kappa shape index (κ1) is 17.2. The van der Waals surface area contributed by atoms with Crippen molar-refractivity contribution in [3.8, 4) is 0 Å². The molecule has 9 heteroatoms. The van der Waals surface area contributed by atoms with E-state index in [0.717, 1.165) is 19.2 Å². The minimum atomic E-state index is -4.18. The molecule has 0 saturated carbocycles. The quantitative estimate of drug-likeness (QED) is 0.714. The normalized spacial score (nSPS) is 13.1. The van der Waals surface area contributed by atoms with Gasteiger partial charge in [-0.25, -0.2) is 13.2 Å². The fourth-order valence-corrected chi connectivity index (χ4v) is 2.73. The van der Waals surface area contributed by atoms with Gasteiger partial charge in [0.1, 0.15) is 6.04 Å². The van der Waals surface area contributed by atoms with Gasteiger partial charge in [0.15, 0.2) is 0 Å². The first-order valence-electron chi connectivity index (χ1n) is 6.10. The maximum Gasteiger partial charge on any atom is 0.374 e. The number of hydrogen-bond donors (Lipinski definition) is 2. The molecule has 0 aromatic carbocycles. The third kappa shape index (κ3) is 4.57. The molecule has 1 rings (SSSR count). The van der Waals surface area contributed by atoms with Gasteiger partial charge in [-0.2, -0.15) is 4.72 Å². The third-order valence-corrected chi connectivity index (χ3v) is 3.88. The Bertz CT molecular complexity index is 617. The molecule has 2 N–H and O–H groups in total. The summed E-state index contributed by atoms with van der Waals surface area (Å²) < 4.78 is 35.4. The van der Waals surface area contributed by atoms with Gasteiger partial charge < -0.3 is 14.3 Å². The summed E-state index contributed by atoms with van der Waals surface area (Å²) in [5.74, 6) is -2.41.